The van der Waals surface area contributed by atoms with Crippen molar-refractivity contribution in [2.75, 3.05) is 19.8 Å². The van der Waals surface area contributed by atoms with Crippen LogP contribution in [0, 0.1) is 13.8 Å². The number of hydrogen-bond acceptors (Lipinski definition) is 7. The van der Waals surface area contributed by atoms with E-state index in [2.05, 4.69) is 10.5 Å². The molecule has 0 saturated carbocycles. The molecular formula is C28H30N2O6. The number of benzene rings is 3. The van der Waals surface area contributed by atoms with E-state index in [1.54, 1.807) is 42.5 Å². The lowest BCUT2D eigenvalue weighted by molar-refractivity contribution is -0.123. The van der Waals surface area contributed by atoms with E-state index in [4.69, 9.17) is 18.9 Å². The third kappa shape index (κ3) is 7.59. The molecule has 0 heterocycles. The minimum Gasteiger partial charge on any atom is -0.494 e. The zero-order valence-electron chi connectivity index (χ0n) is 20.9. The van der Waals surface area contributed by atoms with E-state index in [1.165, 1.54) is 6.21 Å². The Morgan fingerprint density at radius 3 is 2.22 bits per heavy atom. The van der Waals surface area contributed by atoms with Crippen LogP contribution >= 0.6 is 0 Å². The number of carbonyl (C=O) groups excluding carboxylic acids is 2. The maximum atomic E-state index is 12.6. The summed E-state index contributed by atoms with van der Waals surface area (Å²) in [6, 6.07) is 17.3. The molecule has 1 amide bonds. The van der Waals surface area contributed by atoms with Crippen molar-refractivity contribution in [3.05, 3.63) is 82.9 Å². The van der Waals surface area contributed by atoms with E-state index < -0.39 is 11.9 Å². The number of aryl methyl sites for hydroxylation is 2. The highest BCUT2D eigenvalue weighted by Gasteiger charge is 2.13. The molecule has 1 N–H and O–H groups in total. The van der Waals surface area contributed by atoms with Crippen LogP contribution in [0.15, 0.2) is 65.8 Å². The van der Waals surface area contributed by atoms with Gasteiger partial charge in [0.25, 0.3) is 5.91 Å². The van der Waals surface area contributed by atoms with Crippen molar-refractivity contribution in [1.29, 1.82) is 0 Å². The molecule has 0 spiro atoms. The molecule has 0 aliphatic carbocycles. The Kier molecular flexibility index (Phi) is 9.45. The molecule has 0 radical (unpaired) electrons. The van der Waals surface area contributed by atoms with Crippen LogP contribution in [0.1, 0.15) is 40.9 Å². The molecular weight excluding hydrogens is 460 g/mol. The molecule has 0 unspecified atom stereocenters. The lowest BCUT2D eigenvalue weighted by atomic mass is 10.1. The molecule has 3 aromatic carbocycles. The average Bonchev–Trinajstić information content (AvgIpc) is 2.87. The molecule has 0 fully saturated rings. The van der Waals surface area contributed by atoms with Gasteiger partial charge in [-0.25, -0.2) is 10.2 Å². The summed E-state index contributed by atoms with van der Waals surface area (Å²) in [7, 11) is 0. The number of rotatable bonds is 11. The van der Waals surface area contributed by atoms with Gasteiger partial charge in [0.15, 0.2) is 18.1 Å². The van der Waals surface area contributed by atoms with Gasteiger partial charge < -0.3 is 18.9 Å². The highest BCUT2D eigenvalue weighted by Crippen LogP contribution is 2.29. The van der Waals surface area contributed by atoms with Gasteiger partial charge in [0, 0.05) is 0 Å². The van der Waals surface area contributed by atoms with E-state index in [9.17, 15) is 9.59 Å². The lowest BCUT2D eigenvalue weighted by Gasteiger charge is -2.11. The Bertz CT molecular complexity index is 1220. The van der Waals surface area contributed by atoms with Crippen molar-refractivity contribution >= 4 is 18.1 Å². The molecule has 0 aromatic heterocycles. The van der Waals surface area contributed by atoms with E-state index in [0.717, 1.165) is 11.1 Å². The lowest BCUT2D eigenvalue weighted by Crippen LogP contribution is -2.24. The van der Waals surface area contributed by atoms with Crippen LogP contribution in [0.4, 0.5) is 0 Å². The Labute approximate surface area is 210 Å². The number of nitrogens with one attached hydrogen (secondary N) is 1. The molecule has 0 saturated heterocycles. The fourth-order valence-electron chi connectivity index (χ4n) is 3.13. The third-order valence-corrected chi connectivity index (χ3v) is 5.12. The Hall–Kier alpha value is -4.33. The SMILES string of the molecule is CCOc1ccc(C(=O)Oc2ccc(/C=N/NC(=O)COc3ccc(C)c(C)c3)cc2OCC)cc1. The van der Waals surface area contributed by atoms with Crippen molar-refractivity contribution in [3.63, 3.8) is 0 Å². The van der Waals surface area contributed by atoms with Crippen LogP contribution in [0.2, 0.25) is 0 Å². The molecule has 0 aliphatic heterocycles. The van der Waals surface area contributed by atoms with Gasteiger partial charge in [-0.15, -0.1) is 0 Å². The maximum absolute atomic E-state index is 12.6. The van der Waals surface area contributed by atoms with Crippen molar-refractivity contribution in [1.82, 2.24) is 5.43 Å². The first-order chi connectivity index (χ1) is 17.4. The largest absolute Gasteiger partial charge is 0.494 e. The van der Waals surface area contributed by atoms with E-state index >= 15 is 0 Å². The van der Waals surface area contributed by atoms with E-state index in [-0.39, 0.29) is 12.4 Å². The zero-order valence-corrected chi connectivity index (χ0v) is 20.9. The zero-order chi connectivity index (χ0) is 25.9. The summed E-state index contributed by atoms with van der Waals surface area (Å²) in [6.45, 7) is 8.47. The summed E-state index contributed by atoms with van der Waals surface area (Å²) < 4.78 is 22.1. The predicted octanol–water partition coefficient (Wildman–Crippen LogP) is 4.85. The monoisotopic (exact) mass is 490 g/mol. The van der Waals surface area contributed by atoms with Gasteiger partial charge in [-0.1, -0.05) is 6.07 Å². The summed E-state index contributed by atoms with van der Waals surface area (Å²) >= 11 is 0. The number of nitrogens with zero attached hydrogens (tertiary/aromatic N) is 1. The standard InChI is InChI=1S/C28H30N2O6/c1-5-33-23-12-9-22(10-13-23)28(32)36-25-14-8-21(16-26(25)34-6-2)17-29-30-27(31)18-35-24-11-7-19(3)20(4)15-24/h7-17H,5-6,18H2,1-4H3,(H,30,31)/b29-17+. The van der Waals surface area contributed by atoms with E-state index in [0.29, 0.717) is 41.6 Å². The normalized spacial score (nSPS) is 10.7. The predicted molar refractivity (Wildman–Crippen MR) is 137 cm³/mol. The molecule has 0 bridgehead atoms. The second kappa shape index (κ2) is 12.9. The summed E-state index contributed by atoms with van der Waals surface area (Å²) in [5.74, 6) is 1.04. The summed E-state index contributed by atoms with van der Waals surface area (Å²) in [5, 5.41) is 3.97. The van der Waals surface area contributed by atoms with Gasteiger partial charge in [0.05, 0.1) is 25.0 Å². The van der Waals surface area contributed by atoms with Crippen molar-refractivity contribution in [3.8, 4) is 23.0 Å². The summed E-state index contributed by atoms with van der Waals surface area (Å²) in [5.41, 5.74) is 5.70. The van der Waals surface area contributed by atoms with Gasteiger partial charge >= 0.3 is 5.97 Å². The smallest absolute Gasteiger partial charge is 0.343 e. The van der Waals surface area contributed by atoms with Crippen LogP contribution in [0.3, 0.4) is 0 Å². The highest BCUT2D eigenvalue weighted by atomic mass is 16.6. The highest BCUT2D eigenvalue weighted by molar-refractivity contribution is 5.92. The Morgan fingerprint density at radius 2 is 1.53 bits per heavy atom. The molecule has 8 nitrogen and oxygen atoms in total. The second-order valence-electron chi connectivity index (χ2n) is 7.81. The number of hydrogen-bond donors (Lipinski definition) is 1. The van der Waals surface area contributed by atoms with Crippen LogP contribution in [-0.4, -0.2) is 37.9 Å². The first kappa shape index (κ1) is 26.3. The Morgan fingerprint density at radius 1 is 0.806 bits per heavy atom. The topological polar surface area (TPSA) is 95.5 Å². The molecule has 8 heteroatoms. The minimum atomic E-state index is -0.517. The van der Waals surface area contributed by atoms with Gasteiger partial charge in [-0.3, -0.25) is 4.79 Å². The van der Waals surface area contributed by atoms with Crippen molar-refractivity contribution in [2.24, 2.45) is 5.10 Å². The van der Waals surface area contributed by atoms with Gasteiger partial charge in [0.2, 0.25) is 0 Å². The van der Waals surface area contributed by atoms with Crippen LogP contribution in [0.25, 0.3) is 0 Å². The molecule has 188 valence electrons. The number of carbonyl (C=O) groups is 2. The van der Waals surface area contributed by atoms with Gasteiger partial charge in [0.1, 0.15) is 11.5 Å². The fourth-order valence-corrected chi connectivity index (χ4v) is 3.13. The van der Waals surface area contributed by atoms with Crippen molar-refractivity contribution < 1.29 is 28.5 Å². The maximum Gasteiger partial charge on any atom is 0.343 e. The molecule has 0 aliphatic rings. The number of esters is 1. The first-order valence-electron chi connectivity index (χ1n) is 11.6. The Balaban J connectivity index is 1.58. The summed E-state index contributed by atoms with van der Waals surface area (Å²) in [6.07, 6.45) is 1.47. The molecule has 3 rings (SSSR count). The van der Waals surface area contributed by atoms with Crippen LogP contribution in [-0.2, 0) is 4.79 Å². The molecule has 3 aromatic rings. The summed E-state index contributed by atoms with van der Waals surface area (Å²) in [4.78, 5) is 24.6. The average molecular weight is 491 g/mol. The molecule has 36 heavy (non-hydrogen) atoms. The quantitative estimate of drug-likeness (QED) is 0.179. The number of ether oxygens (including phenoxy) is 4. The van der Waals surface area contributed by atoms with Gasteiger partial charge in [-0.2, -0.15) is 5.10 Å². The van der Waals surface area contributed by atoms with Crippen molar-refractivity contribution in [2.45, 2.75) is 27.7 Å². The van der Waals surface area contributed by atoms with Gasteiger partial charge in [-0.05, 0) is 99.0 Å². The third-order valence-electron chi connectivity index (χ3n) is 5.12. The minimum absolute atomic E-state index is 0.162. The van der Waals surface area contributed by atoms with E-state index in [1.807, 2.05) is 45.9 Å². The molecule has 0 atom stereocenters. The second-order valence-corrected chi connectivity index (χ2v) is 7.81. The first-order valence-corrected chi connectivity index (χ1v) is 11.6. The number of hydrazone groups is 1. The van der Waals surface area contributed by atoms with Crippen LogP contribution < -0.4 is 24.4 Å². The fraction of sp³-hybridized carbons (Fsp3) is 0.250. The van der Waals surface area contributed by atoms with Crippen LogP contribution in [0.5, 0.6) is 23.0 Å². The number of amides is 1.